The molecule has 0 saturated carbocycles. The molecule has 0 heterocycles. The van der Waals surface area contributed by atoms with Gasteiger partial charge in [0.1, 0.15) is 11.9 Å². The van der Waals surface area contributed by atoms with Crippen molar-refractivity contribution in [2.24, 2.45) is 0 Å². The van der Waals surface area contributed by atoms with Gasteiger partial charge < -0.3 is 15.2 Å². The average molecular weight is 237 g/mol. The number of anilines is 1. The molecule has 0 aliphatic heterocycles. The fraction of sp³-hybridized carbons (Fsp3) is 0.462. The summed E-state index contributed by atoms with van der Waals surface area (Å²) < 4.78 is 10.4. The number of esters is 1. The van der Waals surface area contributed by atoms with Gasteiger partial charge in [-0.15, -0.1) is 0 Å². The minimum Gasteiger partial charge on any atom is -0.495 e. The van der Waals surface area contributed by atoms with E-state index in [0.717, 1.165) is 12.8 Å². The maximum absolute atomic E-state index is 11.8. The zero-order valence-corrected chi connectivity index (χ0v) is 10.5. The topological polar surface area (TPSA) is 61.5 Å². The van der Waals surface area contributed by atoms with Gasteiger partial charge in [-0.2, -0.15) is 0 Å². The third-order valence-corrected chi connectivity index (χ3v) is 2.65. The van der Waals surface area contributed by atoms with Crippen molar-refractivity contribution < 1.29 is 14.3 Å². The summed E-state index contributed by atoms with van der Waals surface area (Å²) in [6.45, 7) is 3.98. The zero-order chi connectivity index (χ0) is 12.8. The van der Waals surface area contributed by atoms with Crippen molar-refractivity contribution in [3.63, 3.8) is 0 Å². The Morgan fingerprint density at radius 3 is 2.47 bits per heavy atom. The third kappa shape index (κ3) is 3.37. The highest BCUT2D eigenvalue weighted by molar-refractivity contribution is 5.91. The molecule has 0 fully saturated rings. The molecule has 0 amide bonds. The van der Waals surface area contributed by atoms with E-state index in [1.54, 1.807) is 18.2 Å². The molecule has 0 aliphatic rings. The number of hydrogen-bond acceptors (Lipinski definition) is 4. The van der Waals surface area contributed by atoms with E-state index in [4.69, 9.17) is 15.2 Å². The summed E-state index contributed by atoms with van der Waals surface area (Å²) >= 11 is 0. The highest BCUT2D eigenvalue weighted by Gasteiger charge is 2.14. The number of nitrogens with two attached hydrogens (primary N) is 1. The van der Waals surface area contributed by atoms with E-state index >= 15 is 0 Å². The first-order valence-electron chi connectivity index (χ1n) is 5.76. The second-order valence-electron chi connectivity index (χ2n) is 3.80. The van der Waals surface area contributed by atoms with Crippen LogP contribution in [0.25, 0.3) is 0 Å². The molecule has 1 aromatic carbocycles. The Morgan fingerprint density at radius 2 is 2.00 bits per heavy atom. The van der Waals surface area contributed by atoms with Crippen molar-refractivity contribution in [3.8, 4) is 5.75 Å². The molecule has 0 bridgehead atoms. The summed E-state index contributed by atoms with van der Waals surface area (Å²) in [5, 5.41) is 0. The van der Waals surface area contributed by atoms with Gasteiger partial charge in [0.05, 0.1) is 18.4 Å². The number of rotatable bonds is 5. The van der Waals surface area contributed by atoms with Gasteiger partial charge in [-0.3, -0.25) is 0 Å². The Morgan fingerprint density at radius 1 is 1.35 bits per heavy atom. The van der Waals surface area contributed by atoms with E-state index in [1.807, 2.05) is 13.8 Å². The van der Waals surface area contributed by atoms with Gasteiger partial charge in [0.2, 0.25) is 0 Å². The average Bonchev–Trinajstić information content (AvgIpc) is 2.35. The van der Waals surface area contributed by atoms with Crippen LogP contribution in [0.5, 0.6) is 5.75 Å². The molecule has 4 heteroatoms. The molecule has 0 atom stereocenters. The van der Waals surface area contributed by atoms with Gasteiger partial charge in [0.25, 0.3) is 0 Å². The summed E-state index contributed by atoms with van der Waals surface area (Å²) in [6.07, 6.45) is 1.59. The molecule has 0 radical (unpaired) electrons. The van der Waals surface area contributed by atoms with E-state index in [-0.39, 0.29) is 12.1 Å². The van der Waals surface area contributed by atoms with E-state index in [2.05, 4.69) is 0 Å². The number of ether oxygens (including phenoxy) is 2. The minimum absolute atomic E-state index is 0.0363. The lowest BCUT2D eigenvalue weighted by Crippen LogP contribution is -2.16. The first-order valence-corrected chi connectivity index (χ1v) is 5.76. The quantitative estimate of drug-likeness (QED) is 0.631. The molecule has 0 aliphatic carbocycles. The largest absolute Gasteiger partial charge is 0.495 e. The SMILES string of the molecule is CCC(CC)OC(=O)c1ccc(OC)c(N)c1. The molecule has 17 heavy (non-hydrogen) atoms. The molecule has 1 rings (SSSR count). The standard InChI is InChI=1S/C13H19NO3/c1-4-10(5-2)17-13(15)9-6-7-12(16-3)11(14)8-9/h6-8,10H,4-5,14H2,1-3H3. The zero-order valence-electron chi connectivity index (χ0n) is 10.5. The molecule has 0 spiro atoms. The molecule has 0 aromatic heterocycles. The van der Waals surface area contributed by atoms with Crippen molar-refractivity contribution in [3.05, 3.63) is 23.8 Å². The number of hydrogen-bond donors (Lipinski definition) is 1. The smallest absolute Gasteiger partial charge is 0.338 e. The Balaban J connectivity index is 2.79. The van der Waals surface area contributed by atoms with E-state index < -0.39 is 0 Å². The lowest BCUT2D eigenvalue weighted by Gasteiger charge is -2.14. The first-order chi connectivity index (χ1) is 8.12. The minimum atomic E-state index is -0.340. The highest BCUT2D eigenvalue weighted by atomic mass is 16.5. The fourth-order valence-electron chi connectivity index (χ4n) is 1.54. The highest BCUT2D eigenvalue weighted by Crippen LogP contribution is 2.22. The van der Waals surface area contributed by atoms with Gasteiger partial charge in [-0.25, -0.2) is 4.79 Å². The van der Waals surface area contributed by atoms with Crippen LogP contribution in [0.15, 0.2) is 18.2 Å². The van der Waals surface area contributed by atoms with Crippen LogP contribution < -0.4 is 10.5 Å². The Kier molecular flexibility index (Phi) is 4.82. The van der Waals surface area contributed by atoms with Crippen LogP contribution in [0.3, 0.4) is 0 Å². The molecule has 0 saturated heterocycles. The van der Waals surface area contributed by atoms with Crippen LogP contribution in [0.2, 0.25) is 0 Å². The van der Waals surface area contributed by atoms with E-state index in [1.165, 1.54) is 7.11 Å². The van der Waals surface area contributed by atoms with Crippen LogP contribution in [-0.4, -0.2) is 19.2 Å². The summed E-state index contributed by atoms with van der Waals surface area (Å²) in [5.41, 5.74) is 6.62. The maximum atomic E-state index is 11.8. The summed E-state index contributed by atoms with van der Waals surface area (Å²) in [7, 11) is 1.54. The normalized spacial score (nSPS) is 10.4. The molecular formula is C13H19NO3. The van der Waals surface area contributed by atoms with Crippen molar-refractivity contribution in [1.29, 1.82) is 0 Å². The number of carbonyl (C=O) groups excluding carboxylic acids is 1. The Labute approximate surface area is 102 Å². The first kappa shape index (κ1) is 13.4. The van der Waals surface area contributed by atoms with Crippen LogP contribution in [0, 0.1) is 0 Å². The predicted molar refractivity (Wildman–Crippen MR) is 67.2 cm³/mol. The molecule has 1 aromatic rings. The Hall–Kier alpha value is -1.71. The van der Waals surface area contributed by atoms with Crippen molar-refractivity contribution in [1.82, 2.24) is 0 Å². The Bertz CT molecular complexity index is 386. The maximum Gasteiger partial charge on any atom is 0.338 e. The summed E-state index contributed by atoms with van der Waals surface area (Å²) in [6, 6.07) is 4.89. The molecule has 2 N–H and O–H groups in total. The second kappa shape index (κ2) is 6.13. The lowest BCUT2D eigenvalue weighted by atomic mass is 10.2. The van der Waals surface area contributed by atoms with Crippen LogP contribution in [0.4, 0.5) is 5.69 Å². The second-order valence-corrected chi connectivity index (χ2v) is 3.80. The molecule has 4 nitrogen and oxygen atoms in total. The number of nitrogen functional groups attached to an aromatic ring is 1. The van der Waals surface area contributed by atoms with Gasteiger partial charge in [0, 0.05) is 0 Å². The predicted octanol–water partition coefficient (Wildman–Crippen LogP) is 2.62. The third-order valence-electron chi connectivity index (χ3n) is 2.65. The van der Waals surface area contributed by atoms with Gasteiger partial charge in [0.15, 0.2) is 0 Å². The molecule has 94 valence electrons. The van der Waals surface area contributed by atoms with Gasteiger partial charge in [-0.1, -0.05) is 13.8 Å². The number of carbonyl (C=O) groups is 1. The number of methoxy groups -OCH3 is 1. The van der Waals surface area contributed by atoms with Crippen molar-refractivity contribution in [2.75, 3.05) is 12.8 Å². The van der Waals surface area contributed by atoms with Crippen LogP contribution >= 0.6 is 0 Å². The summed E-state index contributed by atoms with van der Waals surface area (Å²) in [5.74, 6) is 0.220. The van der Waals surface area contributed by atoms with E-state index in [9.17, 15) is 4.79 Å². The molecular weight excluding hydrogens is 218 g/mol. The molecule has 0 unspecified atom stereocenters. The van der Waals surface area contributed by atoms with Gasteiger partial charge in [-0.05, 0) is 31.0 Å². The monoisotopic (exact) mass is 237 g/mol. The van der Waals surface area contributed by atoms with Gasteiger partial charge >= 0.3 is 5.97 Å². The summed E-state index contributed by atoms with van der Waals surface area (Å²) in [4.78, 5) is 11.8. The van der Waals surface area contributed by atoms with Crippen LogP contribution in [0.1, 0.15) is 37.0 Å². The van der Waals surface area contributed by atoms with Crippen LogP contribution in [-0.2, 0) is 4.74 Å². The van der Waals surface area contributed by atoms with E-state index in [0.29, 0.717) is 17.0 Å². The van der Waals surface area contributed by atoms with Crippen molar-refractivity contribution >= 4 is 11.7 Å². The van der Waals surface area contributed by atoms with Crippen molar-refractivity contribution in [2.45, 2.75) is 32.8 Å². The fourth-order valence-corrected chi connectivity index (χ4v) is 1.54. The lowest BCUT2D eigenvalue weighted by molar-refractivity contribution is 0.0284. The number of benzene rings is 1.